The van der Waals surface area contributed by atoms with Gasteiger partial charge in [-0.1, -0.05) is 19.1 Å². The summed E-state index contributed by atoms with van der Waals surface area (Å²) in [6, 6.07) is 7.68. The average Bonchev–Trinajstić information content (AvgIpc) is 3.18. The highest BCUT2D eigenvalue weighted by Crippen LogP contribution is 2.53. The van der Waals surface area contributed by atoms with Gasteiger partial charge in [-0.25, -0.2) is 4.68 Å². The Hall–Kier alpha value is -2.28. The van der Waals surface area contributed by atoms with Crippen LogP contribution in [0.3, 0.4) is 0 Å². The number of thioether (sulfide) groups is 1. The number of carboxylic acid groups (broad SMARTS) is 1. The van der Waals surface area contributed by atoms with Crippen LogP contribution < -0.4 is 5.32 Å². The van der Waals surface area contributed by atoms with E-state index in [1.54, 1.807) is 18.0 Å². The molecule has 6 rings (SSSR count). The monoisotopic (exact) mass is 453 g/mol. The van der Waals surface area contributed by atoms with Crippen LogP contribution in [0.25, 0.3) is 5.69 Å². The first kappa shape index (κ1) is 21.6. The Balaban J connectivity index is 1.37. The molecule has 2 N–H and O–H groups in total. The second-order valence-electron chi connectivity index (χ2n) is 9.79. The molecule has 4 saturated carbocycles. The van der Waals surface area contributed by atoms with Crippen molar-refractivity contribution in [1.29, 1.82) is 0 Å². The van der Waals surface area contributed by atoms with Crippen molar-refractivity contribution in [3.63, 3.8) is 0 Å². The number of hydrogen-bond acceptors (Lipinski definition) is 4. The van der Waals surface area contributed by atoms with Crippen molar-refractivity contribution >= 4 is 23.6 Å². The zero-order valence-electron chi connectivity index (χ0n) is 18.5. The molecule has 1 aromatic heterocycles. The van der Waals surface area contributed by atoms with E-state index in [4.69, 9.17) is 5.11 Å². The first-order valence-electron chi connectivity index (χ1n) is 11.8. The van der Waals surface area contributed by atoms with Crippen LogP contribution in [0.15, 0.2) is 35.5 Å². The molecule has 4 bridgehead atoms. The van der Waals surface area contributed by atoms with Crippen molar-refractivity contribution in [1.82, 2.24) is 15.1 Å². The first-order valence-corrected chi connectivity index (χ1v) is 12.8. The highest BCUT2D eigenvalue weighted by molar-refractivity contribution is 7.99. The number of carboxylic acids is 1. The smallest absolute Gasteiger partial charge is 0.307 e. The van der Waals surface area contributed by atoms with E-state index in [1.807, 2.05) is 28.9 Å². The van der Waals surface area contributed by atoms with Gasteiger partial charge in [0.2, 0.25) is 0 Å². The summed E-state index contributed by atoms with van der Waals surface area (Å²) in [6.07, 6.45) is 9.20. The van der Waals surface area contributed by atoms with Gasteiger partial charge in [-0.2, -0.15) is 5.10 Å². The standard InChI is InChI=1S/C25H31N3O3S/c1-2-7-32-25-21(14-26-28(25)20-5-3-15(4-6-20)13-22(29)30)24(31)27-23-18-9-16-8-17(11-18)12-19(23)10-16/h3-6,14,16-19,23H,2,7-13H2,1H3,(H,27,31)(H,29,30)/t16-,17+,18-,19+,23?. The molecule has 6 nitrogen and oxygen atoms in total. The van der Waals surface area contributed by atoms with Crippen LogP contribution in [0.2, 0.25) is 0 Å². The van der Waals surface area contributed by atoms with E-state index in [-0.39, 0.29) is 12.3 Å². The minimum absolute atomic E-state index is 0.00405. The maximum Gasteiger partial charge on any atom is 0.307 e. The third-order valence-electron chi connectivity index (χ3n) is 7.47. The predicted molar refractivity (Wildman–Crippen MR) is 124 cm³/mol. The van der Waals surface area contributed by atoms with Crippen molar-refractivity contribution in [3.8, 4) is 5.69 Å². The Labute approximate surface area is 193 Å². The van der Waals surface area contributed by atoms with E-state index >= 15 is 0 Å². The Morgan fingerprint density at radius 1 is 1.09 bits per heavy atom. The van der Waals surface area contributed by atoms with Gasteiger partial charge in [0.1, 0.15) is 5.03 Å². The summed E-state index contributed by atoms with van der Waals surface area (Å²) in [6.45, 7) is 2.13. The molecule has 4 aliphatic rings. The van der Waals surface area contributed by atoms with Crippen LogP contribution in [0, 0.1) is 23.7 Å². The van der Waals surface area contributed by atoms with Crippen molar-refractivity contribution in [3.05, 3.63) is 41.6 Å². The molecule has 0 unspecified atom stereocenters. The lowest BCUT2D eigenvalue weighted by Crippen LogP contribution is -2.55. The number of carbonyl (C=O) groups excluding carboxylic acids is 1. The second-order valence-corrected chi connectivity index (χ2v) is 10.9. The van der Waals surface area contributed by atoms with E-state index in [1.165, 1.54) is 32.1 Å². The number of aliphatic carboxylic acids is 1. The van der Waals surface area contributed by atoms with E-state index in [9.17, 15) is 9.59 Å². The van der Waals surface area contributed by atoms with Gasteiger partial charge in [-0.15, -0.1) is 11.8 Å². The van der Waals surface area contributed by atoms with E-state index in [0.717, 1.165) is 40.3 Å². The first-order chi connectivity index (χ1) is 15.5. The fourth-order valence-corrected chi connectivity index (χ4v) is 7.31. The summed E-state index contributed by atoms with van der Waals surface area (Å²) < 4.78 is 1.82. The molecule has 4 aliphatic carbocycles. The second kappa shape index (κ2) is 8.93. The Morgan fingerprint density at radius 3 is 2.34 bits per heavy atom. The third kappa shape index (κ3) is 4.19. The molecular weight excluding hydrogens is 422 g/mol. The molecule has 0 aliphatic heterocycles. The summed E-state index contributed by atoms with van der Waals surface area (Å²) >= 11 is 1.65. The number of amides is 1. The minimum Gasteiger partial charge on any atom is -0.481 e. The predicted octanol–water partition coefficient (Wildman–Crippen LogP) is 4.56. The molecule has 170 valence electrons. The van der Waals surface area contributed by atoms with Gasteiger partial charge in [0.25, 0.3) is 5.91 Å². The zero-order valence-corrected chi connectivity index (χ0v) is 19.3. The normalized spacial score (nSPS) is 28.1. The summed E-state index contributed by atoms with van der Waals surface area (Å²) in [5, 5.41) is 17.8. The molecule has 32 heavy (non-hydrogen) atoms. The fraction of sp³-hybridized carbons (Fsp3) is 0.560. The van der Waals surface area contributed by atoms with Gasteiger partial charge in [-0.05, 0) is 85.6 Å². The SMILES string of the molecule is CCCSc1c(C(=O)NC2[C@H]3C[C@@H]4C[C@@H](C[C@H]2C4)C3)cnn1-c1ccc(CC(=O)O)cc1. The molecule has 1 amide bonds. The van der Waals surface area contributed by atoms with Gasteiger partial charge in [-0.3, -0.25) is 9.59 Å². The molecule has 7 heteroatoms. The number of rotatable bonds is 8. The zero-order chi connectivity index (χ0) is 22.2. The molecule has 1 aromatic carbocycles. The van der Waals surface area contributed by atoms with Gasteiger partial charge >= 0.3 is 5.97 Å². The summed E-state index contributed by atoms with van der Waals surface area (Å²) in [7, 11) is 0. The van der Waals surface area contributed by atoms with Crippen LogP contribution in [-0.4, -0.2) is 38.6 Å². The topological polar surface area (TPSA) is 84.2 Å². The highest BCUT2D eigenvalue weighted by atomic mass is 32.2. The van der Waals surface area contributed by atoms with Crippen LogP contribution in [0.4, 0.5) is 0 Å². The van der Waals surface area contributed by atoms with Gasteiger partial charge in [0.05, 0.1) is 23.9 Å². The van der Waals surface area contributed by atoms with Crippen LogP contribution in [-0.2, 0) is 11.2 Å². The number of hydrogen-bond donors (Lipinski definition) is 2. The van der Waals surface area contributed by atoms with Gasteiger partial charge < -0.3 is 10.4 Å². The largest absolute Gasteiger partial charge is 0.481 e. The summed E-state index contributed by atoms with van der Waals surface area (Å²) in [4.78, 5) is 24.4. The van der Waals surface area contributed by atoms with Gasteiger partial charge in [0.15, 0.2) is 0 Å². The highest BCUT2D eigenvalue weighted by Gasteiger charge is 2.48. The van der Waals surface area contributed by atoms with Crippen molar-refractivity contribution in [2.24, 2.45) is 23.7 Å². The van der Waals surface area contributed by atoms with E-state index < -0.39 is 5.97 Å². The molecule has 0 saturated heterocycles. The molecule has 4 fully saturated rings. The molecule has 1 heterocycles. The maximum absolute atomic E-state index is 13.4. The van der Waals surface area contributed by atoms with Crippen LogP contribution in [0.5, 0.6) is 0 Å². The molecular formula is C25H31N3O3S. The van der Waals surface area contributed by atoms with E-state index in [0.29, 0.717) is 23.4 Å². The maximum atomic E-state index is 13.4. The summed E-state index contributed by atoms with van der Waals surface area (Å²) in [5.41, 5.74) is 2.23. The molecule has 0 spiro atoms. The van der Waals surface area contributed by atoms with E-state index in [2.05, 4.69) is 17.3 Å². The average molecular weight is 454 g/mol. The summed E-state index contributed by atoms with van der Waals surface area (Å²) in [5.74, 6) is 3.09. The van der Waals surface area contributed by atoms with Crippen molar-refractivity contribution in [2.45, 2.75) is 62.9 Å². The number of nitrogens with zero attached hydrogens (tertiary/aromatic N) is 2. The van der Waals surface area contributed by atoms with Gasteiger partial charge in [0, 0.05) is 6.04 Å². The molecule has 0 radical (unpaired) electrons. The minimum atomic E-state index is -0.847. The number of carbonyl (C=O) groups is 2. The number of aromatic nitrogens is 2. The lowest BCUT2D eigenvalue weighted by Gasteiger charge is -2.54. The fourth-order valence-electron chi connectivity index (χ4n) is 6.33. The lowest BCUT2D eigenvalue weighted by atomic mass is 9.54. The Kier molecular flexibility index (Phi) is 6.01. The number of nitrogens with one attached hydrogen (secondary N) is 1. The number of benzene rings is 1. The quantitative estimate of drug-likeness (QED) is 0.573. The Bertz CT molecular complexity index is 972. The Morgan fingerprint density at radius 2 is 1.75 bits per heavy atom. The third-order valence-corrected chi connectivity index (χ3v) is 8.75. The van der Waals surface area contributed by atoms with Crippen LogP contribution in [0.1, 0.15) is 61.4 Å². The van der Waals surface area contributed by atoms with Crippen LogP contribution >= 0.6 is 11.8 Å². The van der Waals surface area contributed by atoms with Crippen molar-refractivity contribution < 1.29 is 14.7 Å². The molecule has 2 aromatic rings. The molecule has 0 atom stereocenters. The van der Waals surface area contributed by atoms with Crippen molar-refractivity contribution in [2.75, 3.05) is 5.75 Å². The lowest BCUT2D eigenvalue weighted by molar-refractivity contribution is -0.136.